The Kier molecular flexibility index (Phi) is 4.82. The topological polar surface area (TPSA) is 72.0 Å². The number of rotatable bonds is 5. The Morgan fingerprint density at radius 2 is 2.00 bits per heavy atom. The van der Waals surface area contributed by atoms with E-state index >= 15 is 0 Å². The molecule has 1 aromatic carbocycles. The average Bonchev–Trinajstić information content (AvgIpc) is 3.17. The van der Waals surface area contributed by atoms with Crippen molar-refractivity contribution in [1.29, 1.82) is 0 Å². The molecule has 0 fully saturated rings. The van der Waals surface area contributed by atoms with Crippen LogP contribution in [-0.2, 0) is 11.2 Å². The van der Waals surface area contributed by atoms with E-state index in [1.807, 2.05) is 30.5 Å². The van der Waals surface area contributed by atoms with E-state index in [-0.39, 0.29) is 18.1 Å². The zero-order valence-corrected chi connectivity index (χ0v) is 14.8. The molecule has 0 bridgehead atoms. The summed E-state index contributed by atoms with van der Waals surface area (Å²) in [5, 5.41) is 7.56. The fraction of sp³-hybridized carbons (Fsp3) is 0.176. The third-order valence-electron chi connectivity index (χ3n) is 3.27. The van der Waals surface area contributed by atoms with Crippen molar-refractivity contribution < 1.29 is 9.59 Å². The molecule has 24 heavy (non-hydrogen) atoms. The van der Waals surface area contributed by atoms with E-state index in [1.54, 1.807) is 5.38 Å². The molecule has 5 nitrogen and oxygen atoms in total. The summed E-state index contributed by atoms with van der Waals surface area (Å²) in [6, 6.07) is 8.11. The second-order valence-electron chi connectivity index (χ2n) is 5.33. The highest BCUT2D eigenvalue weighted by Gasteiger charge is 2.12. The van der Waals surface area contributed by atoms with Crippen molar-refractivity contribution in [1.82, 2.24) is 9.97 Å². The van der Waals surface area contributed by atoms with E-state index in [0.717, 1.165) is 16.3 Å². The van der Waals surface area contributed by atoms with Crippen LogP contribution in [0.3, 0.4) is 0 Å². The van der Waals surface area contributed by atoms with Crippen molar-refractivity contribution in [3.8, 4) is 10.6 Å². The number of aromatic nitrogens is 2. The van der Waals surface area contributed by atoms with Crippen LogP contribution in [-0.4, -0.2) is 21.7 Å². The van der Waals surface area contributed by atoms with Gasteiger partial charge in [0, 0.05) is 23.2 Å². The van der Waals surface area contributed by atoms with Crippen LogP contribution in [0.1, 0.15) is 28.7 Å². The van der Waals surface area contributed by atoms with Gasteiger partial charge >= 0.3 is 0 Å². The molecule has 3 aromatic rings. The number of amides is 1. The molecule has 0 saturated heterocycles. The van der Waals surface area contributed by atoms with E-state index in [2.05, 4.69) is 21.4 Å². The zero-order chi connectivity index (χ0) is 17.1. The second kappa shape index (κ2) is 7.02. The van der Waals surface area contributed by atoms with Crippen LogP contribution < -0.4 is 5.32 Å². The van der Waals surface area contributed by atoms with Crippen molar-refractivity contribution in [2.24, 2.45) is 0 Å². The molecule has 7 heteroatoms. The van der Waals surface area contributed by atoms with E-state index in [0.29, 0.717) is 10.8 Å². The van der Waals surface area contributed by atoms with Gasteiger partial charge in [-0.15, -0.1) is 22.7 Å². The van der Waals surface area contributed by atoms with Gasteiger partial charge in [-0.1, -0.05) is 23.8 Å². The van der Waals surface area contributed by atoms with Gasteiger partial charge in [-0.25, -0.2) is 9.97 Å². The Morgan fingerprint density at radius 3 is 2.71 bits per heavy atom. The lowest BCUT2D eigenvalue weighted by Crippen LogP contribution is -2.14. The Labute approximate surface area is 147 Å². The molecule has 1 N–H and O–H groups in total. The molecular formula is C17H15N3O2S2. The van der Waals surface area contributed by atoms with Gasteiger partial charge in [0.2, 0.25) is 5.91 Å². The smallest absolute Gasteiger partial charge is 0.232 e. The predicted octanol–water partition coefficient (Wildman–Crippen LogP) is 3.96. The number of benzene rings is 1. The number of Topliss-reactive ketones (excluding diaryl/α,β-unsaturated/α-hetero) is 1. The molecule has 0 spiro atoms. The number of thiazole rings is 2. The third kappa shape index (κ3) is 3.93. The van der Waals surface area contributed by atoms with E-state index in [9.17, 15) is 9.59 Å². The lowest BCUT2D eigenvalue weighted by molar-refractivity contribution is -0.115. The largest absolute Gasteiger partial charge is 0.302 e. The maximum Gasteiger partial charge on any atom is 0.232 e. The van der Waals surface area contributed by atoms with Crippen LogP contribution in [0.25, 0.3) is 10.6 Å². The molecule has 0 radical (unpaired) electrons. The van der Waals surface area contributed by atoms with Crippen LogP contribution >= 0.6 is 22.7 Å². The van der Waals surface area contributed by atoms with E-state index in [4.69, 9.17) is 0 Å². The minimum Gasteiger partial charge on any atom is -0.302 e. The fourth-order valence-corrected chi connectivity index (χ4v) is 3.70. The summed E-state index contributed by atoms with van der Waals surface area (Å²) in [6.45, 7) is 3.48. The highest BCUT2D eigenvalue weighted by Crippen LogP contribution is 2.25. The fourth-order valence-electron chi connectivity index (χ4n) is 2.12. The van der Waals surface area contributed by atoms with Crippen molar-refractivity contribution in [3.63, 3.8) is 0 Å². The number of carbonyl (C=O) groups excluding carboxylic acids is 2. The lowest BCUT2D eigenvalue weighted by Gasteiger charge is -1.99. The highest BCUT2D eigenvalue weighted by molar-refractivity contribution is 7.14. The highest BCUT2D eigenvalue weighted by atomic mass is 32.1. The summed E-state index contributed by atoms with van der Waals surface area (Å²) >= 11 is 2.76. The predicted molar refractivity (Wildman–Crippen MR) is 96.7 cm³/mol. The van der Waals surface area contributed by atoms with Crippen LogP contribution in [0.2, 0.25) is 0 Å². The first-order valence-electron chi connectivity index (χ1n) is 7.29. The van der Waals surface area contributed by atoms with Crippen molar-refractivity contribution in [3.05, 3.63) is 52.0 Å². The summed E-state index contributed by atoms with van der Waals surface area (Å²) in [6.07, 6.45) is 0.178. The first-order valence-corrected chi connectivity index (χ1v) is 9.05. The first-order chi connectivity index (χ1) is 11.5. The summed E-state index contributed by atoms with van der Waals surface area (Å²) in [4.78, 5) is 31.9. The van der Waals surface area contributed by atoms with Gasteiger partial charge in [0.05, 0.1) is 12.1 Å². The number of hydrogen-bond donors (Lipinski definition) is 1. The maximum atomic E-state index is 12.1. The minimum absolute atomic E-state index is 0.117. The van der Waals surface area contributed by atoms with Gasteiger partial charge in [-0.3, -0.25) is 9.59 Å². The molecule has 1 amide bonds. The number of nitrogens with zero attached hydrogens (tertiary/aromatic N) is 2. The zero-order valence-electron chi connectivity index (χ0n) is 13.2. The Morgan fingerprint density at radius 1 is 1.17 bits per heavy atom. The van der Waals surface area contributed by atoms with Gasteiger partial charge in [-0.05, 0) is 13.0 Å². The summed E-state index contributed by atoms with van der Waals surface area (Å²) in [7, 11) is 0. The maximum absolute atomic E-state index is 12.1. The van der Waals surface area contributed by atoms with E-state index < -0.39 is 0 Å². The van der Waals surface area contributed by atoms with Gasteiger partial charge < -0.3 is 5.32 Å². The molecular weight excluding hydrogens is 342 g/mol. The third-order valence-corrected chi connectivity index (χ3v) is 4.97. The number of aryl methyl sites for hydroxylation is 1. The Balaban J connectivity index is 1.65. The average molecular weight is 357 g/mol. The van der Waals surface area contributed by atoms with Crippen molar-refractivity contribution in [2.45, 2.75) is 20.3 Å². The van der Waals surface area contributed by atoms with Crippen molar-refractivity contribution >= 4 is 39.5 Å². The number of ketones is 1. The van der Waals surface area contributed by atoms with Crippen LogP contribution in [0.5, 0.6) is 0 Å². The standard InChI is InChI=1S/C17H15N3O2S2/c1-10-4-3-5-12(6-10)16-18-13(8-23-16)7-15(22)20-17-19-14(9-24-17)11(2)21/h3-6,8-9H,7H2,1-2H3,(H,19,20,22). The van der Waals surface area contributed by atoms with Crippen LogP contribution in [0.15, 0.2) is 35.0 Å². The van der Waals surface area contributed by atoms with Gasteiger partial charge in [0.15, 0.2) is 10.9 Å². The Bertz CT molecular complexity index is 899. The van der Waals surface area contributed by atoms with Gasteiger partial charge in [-0.2, -0.15) is 0 Å². The number of hydrogen-bond acceptors (Lipinski definition) is 6. The van der Waals surface area contributed by atoms with Crippen LogP contribution in [0, 0.1) is 6.92 Å². The first kappa shape index (κ1) is 16.5. The van der Waals surface area contributed by atoms with Gasteiger partial charge in [0.1, 0.15) is 10.7 Å². The summed E-state index contributed by atoms with van der Waals surface area (Å²) < 4.78 is 0. The molecule has 2 heterocycles. The quantitative estimate of drug-likeness (QED) is 0.702. The second-order valence-corrected chi connectivity index (χ2v) is 7.05. The molecule has 0 aliphatic rings. The molecule has 122 valence electrons. The lowest BCUT2D eigenvalue weighted by atomic mass is 10.1. The van der Waals surface area contributed by atoms with E-state index in [1.165, 1.54) is 35.2 Å². The number of carbonyl (C=O) groups is 2. The SMILES string of the molecule is CC(=O)c1csc(NC(=O)Cc2csc(-c3cccc(C)c3)n2)n1. The molecule has 0 aliphatic heterocycles. The molecule has 0 unspecified atom stereocenters. The molecule has 0 aliphatic carbocycles. The van der Waals surface area contributed by atoms with Crippen LogP contribution in [0.4, 0.5) is 5.13 Å². The number of anilines is 1. The molecule has 2 aromatic heterocycles. The summed E-state index contributed by atoms with van der Waals surface area (Å²) in [5.74, 6) is -0.311. The van der Waals surface area contributed by atoms with Gasteiger partial charge in [0.25, 0.3) is 0 Å². The Hall–Kier alpha value is -2.38. The normalized spacial score (nSPS) is 10.6. The minimum atomic E-state index is -0.194. The molecule has 0 atom stereocenters. The summed E-state index contributed by atoms with van der Waals surface area (Å²) in [5.41, 5.74) is 3.31. The monoisotopic (exact) mass is 357 g/mol. The molecule has 3 rings (SSSR count). The van der Waals surface area contributed by atoms with Crippen molar-refractivity contribution in [2.75, 3.05) is 5.32 Å². The molecule has 0 saturated carbocycles. The number of nitrogens with one attached hydrogen (secondary N) is 1.